The van der Waals surface area contributed by atoms with Gasteiger partial charge in [0.2, 0.25) is 5.91 Å². The van der Waals surface area contributed by atoms with Gasteiger partial charge in [-0.1, -0.05) is 46.1 Å². The van der Waals surface area contributed by atoms with Crippen LogP contribution in [0.5, 0.6) is 0 Å². The fraction of sp³-hybridized carbons (Fsp3) is 0.562. The molecule has 0 radical (unpaired) electrons. The van der Waals surface area contributed by atoms with Gasteiger partial charge in [-0.25, -0.2) is 0 Å². The fourth-order valence-corrected chi connectivity index (χ4v) is 2.17. The van der Waals surface area contributed by atoms with Gasteiger partial charge in [0.1, 0.15) is 0 Å². The second-order valence-corrected chi connectivity index (χ2v) is 6.30. The van der Waals surface area contributed by atoms with Crippen LogP contribution >= 0.6 is 12.6 Å². The van der Waals surface area contributed by atoms with Crippen LogP contribution in [0.1, 0.15) is 52.0 Å². The van der Waals surface area contributed by atoms with E-state index in [1.54, 1.807) is 0 Å². The molecule has 0 aliphatic carbocycles. The van der Waals surface area contributed by atoms with Crippen LogP contribution in [0.15, 0.2) is 23.1 Å². The first-order chi connectivity index (χ1) is 8.86. The molecular formula is C16H25NOS. The number of amides is 1. The lowest BCUT2D eigenvalue weighted by atomic mass is 9.86. The van der Waals surface area contributed by atoms with Crippen LogP contribution in [0.2, 0.25) is 0 Å². The third-order valence-corrected chi connectivity index (χ3v) is 3.81. The summed E-state index contributed by atoms with van der Waals surface area (Å²) in [5.74, 6) is 0.0736. The van der Waals surface area contributed by atoms with Crippen LogP contribution in [0, 0.1) is 12.3 Å². The highest BCUT2D eigenvalue weighted by atomic mass is 32.1. The Morgan fingerprint density at radius 1 is 1.32 bits per heavy atom. The Morgan fingerprint density at radius 2 is 2.00 bits per heavy atom. The summed E-state index contributed by atoms with van der Waals surface area (Å²) in [5, 5.41) is 3.00. The average Bonchev–Trinajstić information content (AvgIpc) is 2.34. The molecular weight excluding hydrogens is 254 g/mol. The third kappa shape index (κ3) is 4.90. The summed E-state index contributed by atoms with van der Waals surface area (Å²) in [6.07, 6.45) is 4.37. The Morgan fingerprint density at radius 3 is 2.63 bits per heavy atom. The number of benzene rings is 1. The highest BCUT2D eigenvalue weighted by Crippen LogP contribution is 2.28. The van der Waals surface area contributed by atoms with Crippen molar-refractivity contribution < 1.29 is 4.79 Å². The van der Waals surface area contributed by atoms with Crippen molar-refractivity contribution in [1.82, 2.24) is 0 Å². The van der Waals surface area contributed by atoms with Gasteiger partial charge >= 0.3 is 0 Å². The molecule has 1 N–H and O–H groups in total. The van der Waals surface area contributed by atoms with E-state index in [1.807, 2.05) is 39.0 Å². The number of hydrogen-bond acceptors (Lipinski definition) is 2. The zero-order valence-electron chi connectivity index (χ0n) is 12.4. The van der Waals surface area contributed by atoms with E-state index < -0.39 is 0 Å². The van der Waals surface area contributed by atoms with Gasteiger partial charge in [-0.05, 0) is 31.0 Å². The molecule has 1 aromatic carbocycles. The van der Waals surface area contributed by atoms with Gasteiger partial charge in [0.05, 0.1) is 5.69 Å². The van der Waals surface area contributed by atoms with Crippen molar-refractivity contribution in [2.75, 3.05) is 5.32 Å². The predicted molar refractivity (Wildman–Crippen MR) is 85.0 cm³/mol. The summed E-state index contributed by atoms with van der Waals surface area (Å²) in [5.41, 5.74) is 1.59. The summed E-state index contributed by atoms with van der Waals surface area (Å²) < 4.78 is 0. The number of carbonyl (C=O) groups excluding carboxylic acids is 1. The molecule has 0 unspecified atom stereocenters. The number of unbranched alkanes of at least 4 members (excludes halogenated alkanes) is 2. The molecule has 0 aliphatic rings. The summed E-state index contributed by atoms with van der Waals surface area (Å²) in [6.45, 7) is 8.19. The number of carbonyl (C=O) groups is 1. The quantitative estimate of drug-likeness (QED) is 0.567. The molecule has 0 heterocycles. The van der Waals surface area contributed by atoms with Crippen molar-refractivity contribution in [1.29, 1.82) is 0 Å². The number of hydrogen-bond donors (Lipinski definition) is 2. The van der Waals surface area contributed by atoms with Crippen LogP contribution < -0.4 is 5.32 Å². The Hall–Kier alpha value is -0.960. The molecule has 0 aliphatic heterocycles. The van der Waals surface area contributed by atoms with Gasteiger partial charge in [-0.3, -0.25) is 4.79 Å². The predicted octanol–water partition coefficient (Wildman–Crippen LogP) is 4.83. The van der Waals surface area contributed by atoms with E-state index in [9.17, 15) is 4.79 Å². The van der Waals surface area contributed by atoms with E-state index in [2.05, 4.69) is 24.9 Å². The lowest BCUT2D eigenvalue weighted by Crippen LogP contribution is -2.30. The van der Waals surface area contributed by atoms with Gasteiger partial charge in [0.15, 0.2) is 0 Å². The van der Waals surface area contributed by atoms with Gasteiger partial charge in [0, 0.05) is 10.3 Å². The zero-order chi connectivity index (χ0) is 14.5. The normalized spacial score (nSPS) is 11.4. The molecule has 1 rings (SSSR count). The van der Waals surface area contributed by atoms with Gasteiger partial charge in [-0.15, -0.1) is 12.6 Å². The zero-order valence-corrected chi connectivity index (χ0v) is 13.3. The molecule has 0 fully saturated rings. The van der Waals surface area contributed by atoms with Crippen molar-refractivity contribution in [3.05, 3.63) is 23.8 Å². The molecule has 1 amide bonds. The second kappa shape index (κ2) is 6.99. The minimum Gasteiger partial charge on any atom is -0.325 e. The van der Waals surface area contributed by atoms with Crippen LogP contribution in [0.3, 0.4) is 0 Å². The maximum atomic E-state index is 12.3. The number of rotatable bonds is 6. The van der Waals surface area contributed by atoms with Gasteiger partial charge < -0.3 is 5.32 Å². The number of aryl methyl sites for hydroxylation is 1. The van der Waals surface area contributed by atoms with E-state index in [0.717, 1.165) is 29.0 Å². The Labute approximate surface area is 122 Å². The molecule has 106 valence electrons. The van der Waals surface area contributed by atoms with Gasteiger partial charge in [-0.2, -0.15) is 0 Å². The summed E-state index contributed by atoms with van der Waals surface area (Å²) in [7, 11) is 0. The molecule has 0 saturated heterocycles. The molecule has 19 heavy (non-hydrogen) atoms. The largest absolute Gasteiger partial charge is 0.325 e. The first kappa shape index (κ1) is 16.1. The topological polar surface area (TPSA) is 29.1 Å². The van der Waals surface area contributed by atoms with Gasteiger partial charge in [0.25, 0.3) is 0 Å². The average molecular weight is 279 g/mol. The van der Waals surface area contributed by atoms with E-state index >= 15 is 0 Å². The Kier molecular flexibility index (Phi) is 5.92. The lowest BCUT2D eigenvalue weighted by Gasteiger charge is -2.24. The van der Waals surface area contributed by atoms with Crippen molar-refractivity contribution >= 4 is 24.2 Å². The first-order valence-corrected chi connectivity index (χ1v) is 7.42. The summed E-state index contributed by atoms with van der Waals surface area (Å²) in [4.78, 5) is 13.2. The van der Waals surface area contributed by atoms with Crippen LogP contribution in [-0.4, -0.2) is 5.91 Å². The summed E-state index contributed by atoms with van der Waals surface area (Å²) in [6, 6.07) is 5.87. The highest BCUT2D eigenvalue weighted by Gasteiger charge is 2.27. The van der Waals surface area contributed by atoms with Crippen molar-refractivity contribution in [2.45, 2.75) is 58.3 Å². The van der Waals surface area contributed by atoms with E-state index in [0.29, 0.717) is 0 Å². The van der Waals surface area contributed by atoms with Crippen LogP contribution in [0.25, 0.3) is 0 Å². The molecule has 0 aromatic heterocycles. The SMILES string of the molecule is CCCCCC(C)(C)C(=O)Nc1cc(C)ccc1S. The molecule has 3 heteroatoms. The maximum absolute atomic E-state index is 12.3. The second-order valence-electron chi connectivity index (χ2n) is 5.82. The summed E-state index contributed by atoms with van der Waals surface area (Å²) >= 11 is 4.39. The standard InChI is InChI=1S/C16H25NOS/c1-5-6-7-10-16(3,4)15(18)17-13-11-12(2)8-9-14(13)19/h8-9,11,19H,5-7,10H2,1-4H3,(H,17,18). The maximum Gasteiger partial charge on any atom is 0.230 e. The lowest BCUT2D eigenvalue weighted by molar-refractivity contribution is -0.124. The number of nitrogens with one attached hydrogen (secondary N) is 1. The van der Waals surface area contributed by atoms with E-state index in [4.69, 9.17) is 0 Å². The van der Waals surface area contributed by atoms with Crippen LogP contribution in [0.4, 0.5) is 5.69 Å². The molecule has 0 spiro atoms. The van der Waals surface area contributed by atoms with E-state index in [1.165, 1.54) is 12.8 Å². The monoisotopic (exact) mass is 279 g/mol. The number of anilines is 1. The molecule has 2 nitrogen and oxygen atoms in total. The Balaban J connectivity index is 2.70. The fourth-order valence-electron chi connectivity index (χ4n) is 1.97. The van der Waals surface area contributed by atoms with Crippen molar-refractivity contribution in [2.24, 2.45) is 5.41 Å². The van der Waals surface area contributed by atoms with Crippen molar-refractivity contribution in [3.8, 4) is 0 Å². The van der Waals surface area contributed by atoms with Crippen molar-refractivity contribution in [3.63, 3.8) is 0 Å². The Bertz CT molecular complexity index is 440. The molecule has 0 bridgehead atoms. The molecule has 1 aromatic rings. The smallest absolute Gasteiger partial charge is 0.230 e. The first-order valence-electron chi connectivity index (χ1n) is 6.98. The van der Waals surface area contributed by atoms with E-state index in [-0.39, 0.29) is 11.3 Å². The van der Waals surface area contributed by atoms with Crippen LogP contribution in [-0.2, 0) is 4.79 Å². The third-order valence-electron chi connectivity index (χ3n) is 3.42. The minimum absolute atomic E-state index is 0.0736. The molecule has 0 saturated carbocycles. The molecule has 0 atom stereocenters. The highest BCUT2D eigenvalue weighted by molar-refractivity contribution is 7.80. The number of thiol groups is 1. The minimum atomic E-state index is -0.334.